The van der Waals surface area contributed by atoms with Crippen LogP contribution in [0.5, 0.6) is 0 Å². The number of nitrogens with one attached hydrogen (secondary N) is 1. The summed E-state index contributed by atoms with van der Waals surface area (Å²) in [6.45, 7) is 2.31. The van der Waals surface area contributed by atoms with Gasteiger partial charge in [-0.05, 0) is 49.4 Å². The number of hydrogen-bond acceptors (Lipinski definition) is 5. The molecule has 1 aliphatic carbocycles. The van der Waals surface area contributed by atoms with Crippen LogP contribution >= 0.6 is 11.3 Å². The van der Waals surface area contributed by atoms with Gasteiger partial charge in [0.25, 0.3) is 11.8 Å². The molecule has 0 bridgehead atoms. The first kappa shape index (κ1) is 21.4. The van der Waals surface area contributed by atoms with Crippen molar-refractivity contribution in [2.75, 3.05) is 13.6 Å². The van der Waals surface area contributed by atoms with Gasteiger partial charge in [0.2, 0.25) is 0 Å². The fourth-order valence-corrected chi connectivity index (χ4v) is 5.18. The van der Waals surface area contributed by atoms with Crippen molar-refractivity contribution in [2.24, 2.45) is 5.92 Å². The third-order valence-corrected chi connectivity index (χ3v) is 7.19. The summed E-state index contributed by atoms with van der Waals surface area (Å²) in [7, 11) is 1.82. The number of aromatic nitrogens is 1. The Morgan fingerprint density at radius 2 is 1.94 bits per heavy atom. The zero-order valence-electron chi connectivity index (χ0n) is 18.6. The van der Waals surface area contributed by atoms with E-state index in [1.807, 2.05) is 56.4 Å². The highest BCUT2D eigenvalue weighted by Crippen LogP contribution is 2.37. The number of hydrogen-bond donors (Lipinski definition) is 1. The molecule has 7 heteroatoms. The molecule has 0 saturated heterocycles. The van der Waals surface area contributed by atoms with Gasteiger partial charge in [0.1, 0.15) is 11.3 Å². The molecule has 168 valence electrons. The molecule has 1 saturated carbocycles. The van der Waals surface area contributed by atoms with E-state index in [9.17, 15) is 9.59 Å². The van der Waals surface area contributed by atoms with Crippen molar-refractivity contribution in [3.05, 3.63) is 77.1 Å². The van der Waals surface area contributed by atoms with Gasteiger partial charge in [-0.25, -0.2) is 4.98 Å². The number of likely N-dealkylation sites (N-methyl/N-ethyl adjacent to an activating group) is 1. The minimum atomic E-state index is -0.164. The number of amides is 2. The summed E-state index contributed by atoms with van der Waals surface area (Å²) < 4.78 is 5.41. The zero-order valence-corrected chi connectivity index (χ0v) is 19.4. The summed E-state index contributed by atoms with van der Waals surface area (Å²) in [5.41, 5.74) is 2.72. The fourth-order valence-electron chi connectivity index (χ4n) is 4.26. The second-order valence-corrected chi connectivity index (χ2v) is 9.65. The van der Waals surface area contributed by atoms with Gasteiger partial charge in [-0.1, -0.05) is 36.4 Å². The number of thiazole rings is 1. The van der Waals surface area contributed by atoms with E-state index < -0.39 is 0 Å². The summed E-state index contributed by atoms with van der Waals surface area (Å²) in [6, 6.07) is 17.0. The SMILES string of the molecule is Cc1nc(C(=O)N(C)C(CNC(=O)c2cccc3occc23)C2CC2)c(-c2ccccc2)s1. The van der Waals surface area contributed by atoms with E-state index in [4.69, 9.17) is 4.42 Å². The van der Waals surface area contributed by atoms with Crippen LogP contribution in [0.25, 0.3) is 21.4 Å². The lowest BCUT2D eigenvalue weighted by Gasteiger charge is -2.28. The predicted molar refractivity (Wildman–Crippen MR) is 129 cm³/mol. The normalized spacial score (nSPS) is 14.2. The molecule has 5 rings (SSSR count). The van der Waals surface area contributed by atoms with E-state index in [-0.39, 0.29) is 17.9 Å². The summed E-state index contributed by atoms with van der Waals surface area (Å²) in [6.07, 6.45) is 3.69. The predicted octanol–water partition coefficient (Wildman–Crippen LogP) is 5.15. The second kappa shape index (κ2) is 8.83. The van der Waals surface area contributed by atoms with Crippen LogP contribution < -0.4 is 5.32 Å². The Kier molecular flexibility index (Phi) is 5.72. The summed E-state index contributed by atoms with van der Waals surface area (Å²) >= 11 is 1.53. The molecule has 1 fully saturated rings. The average Bonchev–Trinajstić information content (AvgIpc) is 3.41. The van der Waals surface area contributed by atoms with E-state index >= 15 is 0 Å². The third-order valence-electron chi connectivity index (χ3n) is 6.17. The second-order valence-electron chi connectivity index (χ2n) is 8.45. The number of aryl methyl sites for hydroxylation is 1. The first-order valence-electron chi connectivity index (χ1n) is 11.1. The molecule has 33 heavy (non-hydrogen) atoms. The molecular formula is C26H25N3O3S. The molecule has 2 aromatic carbocycles. The van der Waals surface area contributed by atoms with Gasteiger partial charge in [0.05, 0.1) is 27.8 Å². The molecule has 2 amide bonds. The van der Waals surface area contributed by atoms with Gasteiger partial charge in [-0.3, -0.25) is 9.59 Å². The Hall–Kier alpha value is -3.45. The largest absolute Gasteiger partial charge is 0.464 e. The van der Waals surface area contributed by atoms with Gasteiger partial charge >= 0.3 is 0 Å². The van der Waals surface area contributed by atoms with Crippen molar-refractivity contribution in [1.29, 1.82) is 0 Å². The topological polar surface area (TPSA) is 75.4 Å². The van der Waals surface area contributed by atoms with Crippen molar-refractivity contribution in [3.63, 3.8) is 0 Å². The molecule has 1 aliphatic rings. The van der Waals surface area contributed by atoms with Crippen LogP contribution in [0.1, 0.15) is 38.7 Å². The standard InChI is InChI=1S/C26H25N3O3S/c1-16-28-23(24(33-16)18-7-4-3-5-8-18)26(31)29(2)21(17-11-12-17)15-27-25(30)20-9-6-10-22-19(20)13-14-32-22/h3-10,13-14,17,21H,11-12,15H2,1-2H3,(H,27,30). The number of fused-ring (bicyclic) bond motifs is 1. The first-order chi connectivity index (χ1) is 16.0. The monoisotopic (exact) mass is 459 g/mol. The van der Waals surface area contributed by atoms with Crippen LogP contribution in [-0.4, -0.2) is 41.3 Å². The number of furan rings is 1. The van der Waals surface area contributed by atoms with Crippen LogP contribution in [0.3, 0.4) is 0 Å². The van der Waals surface area contributed by atoms with Crippen molar-refractivity contribution >= 4 is 34.1 Å². The molecular weight excluding hydrogens is 434 g/mol. The minimum Gasteiger partial charge on any atom is -0.464 e. The van der Waals surface area contributed by atoms with Crippen LogP contribution in [0, 0.1) is 12.8 Å². The van der Waals surface area contributed by atoms with Crippen molar-refractivity contribution in [1.82, 2.24) is 15.2 Å². The fraction of sp³-hybridized carbons (Fsp3) is 0.269. The number of benzene rings is 2. The number of rotatable bonds is 7. The van der Waals surface area contributed by atoms with Crippen molar-refractivity contribution in [3.8, 4) is 10.4 Å². The quantitative estimate of drug-likeness (QED) is 0.415. The van der Waals surface area contributed by atoms with Crippen molar-refractivity contribution < 1.29 is 14.0 Å². The Labute approximate surface area is 196 Å². The Morgan fingerprint density at radius 1 is 1.15 bits per heavy atom. The molecule has 2 aromatic heterocycles. The average molecular weight is 460 g/mol. The molecule has 6 nitrogen and oxygen atoms in total. The number of nitrogens with zero attached hydrogens (tertiary/aromatic N) is 2. The molecule has 2 heterocycles. The molecule has 0 spiro atoms. The van der Waals surface area contributed by atoms with Gasteiger partial charge in [-0.2, -0.15) is 0 Å². The minimum absolute atomic E-state index is 0.0874. The third kappa shape index (κ3) is 4.28. The zero-order chi connectivity index (χ0) is 22.9. The number of carbonyl (C=O) groups excluding carboxylic acids is 2. The van der Waals surface area contributed by atoms with Crippen LogP contribution in [0.15, 0.2) is 65.3 Å². The first-order valence-corrected chi connectivity index (χ1v) is 11.9. The summed E-state index contributed by atoms with van der Waals surface area (Å²) in [5, 5.41) is 4.69. The van der Waals surface area contributed by atoms with E-state index in [1.165, 1.54) is 11.3 Å². The van der Waals surface area contributed by atoms with E-state index in [2.05, 4.69) is 10.3 Å². The molecule has 0 radical (unpaired) electrons. The molecule has 4 aromatic rings. The highest BCUT2D eigenvalue weighted by Gasteiger charge is 2.37. The summed E-state index contributed by atoms with van der Waals surface area (Å²) in [5.74, 6) is 0.105. The van der Waals surface area contributed by atoms with Gasteiger partial charge in [-0.15, -0.1) is 11.3 Å². The van der Waals surface area contributed by atoms with Gasteiger partial charge < -0.3 is 14.6 Å². The van der Waals surface area contributed by atoms with Crippen molar-refractivity contribution in [2.45, 2.75) is 25.8 Å². The highest BCUT2D eigenvalue weighted by atomic mass is 32.1. The molecule has 1 N–H and O–H groups in total. The Morgan fingerprint density at radius 3 is 2.70 bits per heavy atom. The number of carbonyl (C=O) groups is 2. The van der Waals surface area contributed by atoms with E-state index in [0.717, 1.165) is 33.7 Å². The van der Waals surface area contributed by atoms with Crippen LogP contribution in [0.2, 0.25) is 0 Å². The Balaban J connectivity index is 1.35. The molecule has 1 unspecified atom stereocenters. The summed E-state index contributed by atoms with van der Waals surface area (Å²) in [4.78, 5) is 33.7. The Bertz CT molecular complexity index is 1310. The lowest BCUT2D eigenvalue weighted by molar-refractivity contribution is 0.0695. The van der Waals surface area contributed by atoms with Gasteiger partial charge in [0, 0.05) is 19.0 Å². The maximum absolute atomic E-state index is 13.5. The van der Waals surface area contributed by atoms with Crippen LogP contribution in [-0.2, 0) is 0 Å². The maximum Gasteiger partial charge on any atom is 0.274 e. The maximum atomic E-state index is 13.5. The van der Waals surface area contributed by atoms with E-state index in [0.29, 0.717) is 29.3 Å². The molecule has 0 aliphatic heterocycles. The van der Waals surface area contributed by atoms with Gasteiger partial charge in [0.15, 0.2) is 0 Å². The molecule has 1 atom stereocenters. The van der Waals surface area contributed by atoms with E-state index in [1.54, 1.807) is 23.3 Å². The lowest BCUT2D eigenvalue weighted by atomic mass is 10.1. The van der Waals surface area contributed by atoms with Crippen LogP contribution in [0.4, 0.5) is 0 Å². The lowest BCUT2D eigenvalue weighted by Crippen LogP contribution is -2.46. The highest BCUT2D eigenvalue weighted by molar-refractivity contribution is 7.15. The smallest absolute Gasteiger partial charge is 0.274 e.